The normalized spacial score (nSPS) is 13.7. The van der Waals surface area contributed by atoms with Crippen LogP contribution in [-0.2, 0) is 0 Å². The SMILES string of the molecule is COc1cc(OC)cc(C(=O)N2CCN(C(=O)c3sc(-c4ccc(Cl)cc4)nc3C)CC2)c1. The number of piperazine rings is 1. The summed E-state index contributed by atoms with van der Waals surface area (Å²) in [6, 6.07) is 12.5. The highest BCUT2D eigenvalue weighted by Gasteiger charge is 2.28. The van der Waals surface area contributed by atoms with E-state index in [4.69, 9.17) is 21.1 Å². The number of rotatable bonds is 5. The van der Waals surface area contributed by atoms with E-state index in [2.05, 4.69) is 4.98 Å². The average molecular weight is 486 g/mol. The predicted molar refractivity (Wildman–Crippen MR) is 129 cm³/mol. The minimum absolute atomic E-state index is 0.0552. The number of ether oxygens (including phenoxy) is 2. The maximum Gasteiger partial charge on any atom is 0.265 e. The van der Waals surface area contributed by atoms with Crippen LogP contribution in [0.2, 0.25) is 5.02 Å². The number of thiazole rings is 1. The third-order valence-electron chi connectivity index (χ3n) is 5.53. The number of aromatic nitrogens is 1. The van der Waals surface area contributed by atoms with E-state index in [0.29, 0.717) is 58.8 Å². The van der Waals surface area contributed by atoms with Crippen molar-refractivity contribution in [1.29, 1.82) is 0 Å². The van der Waals surface area contributed by atoms with E-state index in [1.54, 1.807) is 42.2 Å². The molecule has 3 aromatic rings. The number of halogens is 1. The van der Waals surface area contributed by atoms with Crippen molar-refractivity contribution in [2.45, 2.75) is 6.92 Å². The highest BCUT2D eigenvalue weighted by atomic mass is 35.5. The standard InChI is InChI=1S/C24H24ClN3O4S/c1-15-21(33-22(26-15)16-4-6-18(25)7-5-16)24(30)28-10-8-27(9-11-28)23(29)17-12-19(31-2)14-20(13-17)32-3/h4-7,12-14H,8-11H2,1-3H3. The van der Waals surface area contributed by atoms with E-state index >= 15 is 0 Å². The molecule has 172 valence electrons. The molecule has 7 nitrogen and oxygen atoms in total. The molecular weight excluding hydrogens is 462 g/mol. The molecule has 0 N–H and O–H groups in total. The van der Waals surface area contributed by atoms with Crippen molar-refractivity contribution in [2.24, 2.45) is 0 Å². The zero-order valence-electron chi connectivity index (χ0n) is 18.6. The Morgan fingerprint density at radius 1 is 0.909 bits per heavy atom. The molecule has 0 atom stereocenters. The Morgan fingerprint density at radius 3 is 2.00 bits per heavy atom. The molecule has 0 bridgehead atoms. The third-order valence-corrected chi connectivity index (χ3v) is 6.98. The summed E-state index contributed by atoms with van der Waals surface area (Å²) < 4.78 is 10.5. The predicted octanol–water partition coefficient (Wildman–Crippen LogP) is 4.39. The van der Waals surface area contributed by atoms with Gasteiger partial charge in [0.05, 0.1) is 19.9 Å². The van der Waals surface area contributed by atoms with Crippen molar-refractivity contribution in [2.75, 3.05) is 40.4 Å². The molecule has 1 aromatic heterocycles. The summed E-state index contributed by atoms with van der Waals surface area (Å²) in [6.45, 7) is 3.66. The van der Waals surface area contributed by atoms with Gasteiger partial charge in [-0.15, -0.1) is 11.3 Å². The molecule has 2 aromatic carbocycles. The largest absolute Gasteiger partial charge is 0.497 e. The summed E-state index contributed by atoms with van der Waals surface area (Å²) in [5.74, 6) is 0.950. The van der Waals surface area contributed by atoms with Gasteiger partial charge in [0.25, 0.3) is 11.8 Å². The molecule has 1 aliphatic rings. The van der Waals surface area contributed by atoms with Crippen LogP contribution in [0.5, 0.6) is 11.5 Å². The van der Waals surface area contributed by atoms with Gasteiger partial charge in [0.1, 0.15) is 21.4 Å². The lowest BCUT2D eigenvalue weighted by molar-refractivity contribution is 0.0537. The number of aryl methyl sites for hydroxylation is 1. The second-order valence-electron chi connectivity index (χ2n) is 7.63. The minimum Gasteiger partial charge on any atom is -0.497 e. The molecule has 1 fully saturated rings. The van der Waals surface area contributed by atoms with Gasteiger partial charge < -0.3 is 19.3 Å². The van der Waals surface area contributed by atoms with Gasteiger partial charge in [-0.05, 0) is 31.2 Å². The van der Waals surface area contributed by atoms with Gasteiger partial charge in [-0.2, -0.15) is 0 Å². The van der Waals surface area contributed by atoms with Crippen LogP contribution in [0.1, 0.15) is 25.7 Å². The van der Waals surface area contributed by atoms with Crippen LogP contribution in [0, 0.1) is 6.92 Å². The number of hydrogen-bond donors (Lipinski definition) is 0. The zero-order chi connectivity index (χ0) is 23.5. The zero-order valence-corrected chi connectivity index (χ0v) is 20.2. The Hall–Kier alpha value is -3.10. The molecule has 0 saturated carbocycles. The maximum absolute atomic E-state index is 13.2. The first-order valence-electron chi connectivity index (χ1n) is 10.4. The van der Waals surface area contributed by atoms with Crippen molar-refractivity contribution in [3.63, 3.8) is 0 Å². The Balaban J connectivity index is 1.43. The molecular formula is C24H24ClN3O4S. The van der Waals surface area contributed by atoms with Crippen LogP contribution < -0.4 is 9.47 Å². The van der Waals surface area contributed by atoms with Gasteiger partial charge in [-0.3, -0.25) is 9.59 Å². The number of amides is 2. The van der Waals surface area contributed by atoms with E-state index in [1.165, 1.54) is 11.3 Å². The van der Waals surface area contributed by atoms with Crippen molar-refractivity contribution >= 4 is 34.8 Å². The van der Waals surface area contributed by atoms with Gasteiger partial charge in [0.15, 0.2) is 0 Å². The Morgan fingerprint density at radius 2 is 1.45 bits per heavy atom. The Labute approximate surface area is 201 Å². The monoisotopic (exact) mass is 485 g/mol. The summed E-state index contributed by atoms with van der Waals surface area (Å²) in [4.78, 5) is 34.9. The van der Waals surface area contributed by atoms with Gasteiger partial charge in [-0.25, -0.2) is 4.98 Å². The summed E-state index contributed by atoms with van der Waals surface area (Å²) in [5.41, 5.74) is 2.13. The highest BCUT2D eigenvalue weighted by molar-refractivity contribution is 7.17. The van der Waals surface area contributed by atoms with E-state index in [-0.39, 0.29) is 11.8 Å². The molecule has 4 rings (SSSR count). The molecule has 1 aliphatic heterocycles. The average Bonchev–Trinajstić information content (AvgIpc) is 3.24. The first-order chi connectivity index (χ1) is 15.9. The molecule has 0 unspecified atom stereocenters. The summed E-state index contributed by atoms with van der Waals surface area (Å²) in [7, 11) is 3.10. The van der Waals surface area contributed by atoms with Crippen LogP contribution in [0.15, 0.2) is 42.5 Å². The number of carbonyl (C=O) groups excluding carboxylic acids is 2. The third kappa shape index (κ3) is 4.96. The van der Waals surface area contributed by atoms with Crippen LogP contribution in [-0.4, -0.2) is 67.0 Å². The lowest BCUT2D eigenvalue weighted by Gasteiger charge is -2.34. The molecule has 33 heavy (non-hydrogen) atoms. The number of benzene rings is 2. The van der Waals surface area contributed by atoms with Crippen LogP contribution in [0.25, 0.3) is 10.6 Å². The summed E-state index contributed by atoms with van der Waals surface area (Å²) >= 11 is 7.35. The smallest absolute Gasteiger partial charge is 0.265 e. The van der Waals surface area contributed by atoms with Gasteiger partial charge >= 0.3 is 0 Å². The van der Waals surface area contributed by atoms with E-state index in [9.17, 15) is 9.59 Å². The number of nitrogens with zero attached hydrogens (tertiary/aromatic N) is 3. The molecule has 0 aliphatic carbocycles. The van der Waals surface area contributed by atoms with Crippen molar-refractivity contribution in [1.82, 2.24) is 14.8 Å². The topological polar surface area (TPSA) is 72.0 Å². The molecule has 2 heterocycles. The minimum atomic E-state index is -0.113. The first kappa shape index (κ1) is 23.1. The second kappa shape index (κ2) is 9.80. The molecule has 2 amide bonds. The molecule has 0 radical (unpaired) electrons. The van der Waals surface area contributed by atoms with Crippen LogP contribution in [0.3, 0.4) is 0 Å². The van der Waals surface area contributed by atoms with Crippen molar-refractivity contribution < 1.29 is 19.1 Å². The van der Waals surface area contributed by atoms with Gasteiger partial charge in [0.2, 0.25) is 0 Å². The number of carbonyl (C=O) groups is 2. The van der Waals surface area contributed by atoms with Crippen LogP contribution >= 0.6 is 22.9 Å². The molecule has 1 saturated heterocycles. The number of hydrogen-bond acceptors (Lipinski definition) is 6. The van der Waals surface area contributed by atoms with Gasteiger partial charge in [-0.1, -0.05) is 23.7 Å². The van der Waals surface area contributed by atoms with Crippen LogP contribution in [0.4, 0.5) is 0 Å². The summed E-state index contributed by atoms with van der Waals surface area (Å²) in [6.07, 6.45) is 0. The van der Waals surface area contributed by atoms with Crippen molar-refractivity contribution in [3.05, 3.63) is 63.6 Å². The second-order valence-corrected chi connectivity index (χ2v) is 9.06. The quantitative estimate of drug-likeness (QED) is 0.536. The van der Waals surface area contributed by atoms with E-state index in [1.807, 2.05) is 31.2 Å². The highest BCUT2D eigenvalue weighted by Crippen LogP contribution is 2.30. The van der Waals surface area contributed by atoms with Crippen molar-refractivity contribution in [3.8, 4) is 22.1 Å². The maximum atomic E-state index is 13.2. The van der Waals surface area contributed by atoms with E-state index < -0.39 is 0 Å². The lowest BCUT2D eigenvalue weighted by Crippen LogP contribution is -2.50. The van der Waals surface area contributed by atoms with Gasteiger partial charge in [0, 0.05) is 48.4 Å². The fraction of sp³-hybridized carbons (Fsp3) is 0.292. The lowest BCUT2D eigenvalue weighted by atomic mass is 10.1. The fourth-order valence-electron chi connectivity index (χ4n) is 3.68. The van der Waals surface area contributed by atoms with E-state index in [0.717, 1.165) is 10.6 Å². The summed E-state index contributed by atoms with van der Waals surface area (Å²) in [5, 5.41) is 1.44. The first-order valence-corrected chi connectivity index (χ1v) is 11.6. The fourth-order valence-corrected chi connectivity index (χ4v) is 4.85. The molecule has 9 heteroatoms. The Bertz CT molecular complexity index is 1150. The number of methoxy groups -OCH3 is 2. The Kier molecular flexibility index (Phi) is 6.85. The molecule has 0 spiro atoms.